The van der Waals surface area contributed by atoms with Gasteiger partial charge in [0.1, 0.15) is 0 Å². The normalized spacial score (nSPS) is 26.0. The average molecular weight is 252 g/mol. The van der Waals surface area contributed by atoms with Gasteiger partial charge in [0, 0.05) is 11.6 Å². The first-order valence-electron chi connectivity index (χ1n) is 8.11. The van der Waals surface area contributed by atoms with Gasteiger partial charge in [-0.3, -0.25) is 0 Å². The third kappa shape index (κ3) is 2.75. The molecule has 1 unspecified atom stereocenters. The third-order valence-corrected chi connectivity index (χ3v) is 5.42. The first-order valence-corrected chi connectivity index (χ1v) is 8.11. The lowest BCUT2D eigenvalue weighted by molar-refractivity contribution is 0.0138. The van der Waals surface area contributed by atoms with Crippen molar-refractivity contribution in [2.24, 2.45) is 5.92 Å². The van der Waals surface area contributed by atoms with E-state index in [4.69, 9.17) is 0 Å². The Bertz CT molecular complexity index is 239. The van der Waals surface area contributed by atoms with Crippen LogP contribution in [-0.2, 0) is 0 Å². The minimum atomic E-state index is 0.443. The summed E-state index contributed by atoms with van der Waals surface area (Å²) in [5, 5.41) is 3.92. The van der Waals surface area contributed by atoms with Gasteiger partial charge >= 0.3 is 0 Å². The predicted octanol–water partition coefficient (Wildman–Crippen LogP) is 3.42. The molecule has 106 valence electrons. The molecule has 1 atom stereocenters. The Labute approximate surface area is 114 Å². The molecule has 2 aliphatic rings. The lowest BCUT2D eigenvalue weighted by Gasteiger charge is -2.53. The molecule has 0 spiro atoms. The van der Waals surface area contributed by atoms with Gasteiger partial charge in [-0.25, -0.2) is 0 Å². The monoisotopic (exact) mass is 252 g/mol. The highest BCUT2D eigenvalue weighted by molar-refractivity contribution is 5.04. The van der Waals surface area contributed by atoms with Gasteiger partial charge in [0.05, 0.1) is 0 Å². The molecule has 2 aliphatic carbocycles. The molecule has 2 rings (SSSR count). The number of nitrogens with zero attached hydrogens (tertiary/aromatic N) is 1. The van der Waals surface area contributed by atoms with E-state index in [0.717, 1.165) is 12.0 Å². The van der Waals surface area contributed by atoms with Gasteiger partial charge in [0.25, 0.3) is 0 Å². The van der Waals surface area contributed by atoms with Crippen molar-refractivity contribution < 1.29 is 0 Å². The molecule has 2 heteroatoms. The fraction of sp³-hybridized carbons (Fsp3) is 1.00. The van der Waals surface area contributed by atoms with Crippen LogP contribution in [0, 0.1) is 5.92 Å². The predicted molar refractivity (Wildman–Crippen MR) is 78.9 cm³/mol. The SMILES string of the molecule is CCCNC(C1CCC1)C1(N(C)C)CCCCC1. The summed E-state index contributed by atoms with van der Waals surface area (Å²) in [6.07, 6.45) is 12.7. The maximum atomic E-state index is 3.92. The van der Waals surface area contributed by atoms with Crippen LogP contribution in [0.4, 0.5) is 0 Å². The molecule has 0 heterocycles. The topological polar surface area (TPSA) is 15.3 Å². The Morgan fingerprint density at radius 3 is 2.22 bits per heavy atom. The van der Waals surface area contributed by atoms with E-state index in [0.29, 0.717) is 5.54 Å². The third-order valence-electron chi connectivity index (χ3n) is 5.42. The minimum absolute atomic E-state index is 0.443. The first-order chi connectivity index (χ1) is 8.70. The van der Waals surface area contributed by atoms with Crippen molar-refractivity contribution in [3.05, 3.63) is 0 Å². The van der Waals surface area contributed by atoms with Crippen LogP contribution in [0.25, 0.3) is 0 Å². The van der Waals surface area contributed by atoms with Crippen LogP contribution >= 0.6 is 0 Å². The fourth-order valence-corrected chi connectivity index (χ4v) is 4.07. The molecule has 2 saturated carbocycles. The van der Waals surface area contributed by atoms with Crippen LogP contribution < -0.4 is 5.32 Å². The maximum absolute atomic E-state index is 3.92. The van der Waals surface area contributed by atoms with Crippen LogP contribution in [0.5, 0.6) is 0 Å². The number of hydrogen-bond acceptors (Lipinski definition) is 2. The average Bonchev–Trinajstić information content (AvgIpc) is 2.32. The zero-order valence-electron chi connectivity index (χ0n) is 12.7. The van der Waals surface area contributed by atoms with Crippen molar-refractivity contribution in [2.45, 2.75) is 76.3 Å². The molecule has 1 N–H and O–H groups in total. The van der Waals surface area contributed by atoms with E-state index in [1.807, 2.05) is 0 Å². The molecule has 18 heavy (non-hydrogen) atoms. The molecule has 0 aromatic heterocycles. The van der Waals surface area contributed by atoms with Crippen LogP contribution in [0.15, 0.2) is 0 Å². The highest BCUT2D eigenvalue weighted by Crippen LogP contribution is 2.42. The molecule has 2 fully saturated rings. The zero-order chi connectivity index (χ0) is 13.0. The molecule has 2 nitrogen and oxygen atoms in total. The summed E-state index contributed by atoms with van der Waals surface area (Å²) in [5.41, 5.74) is 0.443. The fourth-order valence-electron chi connectivity index (χ4n) is 4.07. The molecule has 0 amide bonds. The van der Waals surface area contributed by atoms with E-state index in [1.165, 1.54) is 64.3 Å². The second-order valence-electron chi connectivity index (χ2n) is 6.68. The summed E-state index contributed by atoms with van der Waals surface area (Å²) >= 11 is 0. The van der Waals surface area contributed by atoms with Gasteiger partial charge in [-0.05, 0) is 58.7 Å². The summed E-state index contributed by atoms with van der Waals surface area (Å²) < 4.78 is 0. The van der Waals surface area contributed by atoms with Crippen molar-refractivity contribution in [3.8, 4) is 0 Å². The molecular formula is C16H32N2. The van der Waals surface area contributed by atoms with E-state index >= 15 is 0 Å². The minimum Gasteiger partial charge on any atom is -0.312 e. The number of hydrogen-bond donors (Lipinski definition) is 1. The van der Waals surface area contributed by atoms with Crippen LogP contribution in [0.1, 0.15) is 64.7 Å². The van der Waals surface area contributed by atoms with Crippen LogP contribution in [-0.4, -0.2) is 37.1 Å². The Balaban J connectivity index is 2.12. The maximum Gasteiger partial charge on any atom is 0.0359 e. The summed E-state index contributed by atoms with van der Waals surface area (Å²) in [6.45, 7) is 3.48. The van der Waals surface area contributed by atoms with Crippen molar-refractivity contribution in [3.63, 3.8) is 0 Å². The summed E-state index contributed by atoms with van der Waals surface area (Å²) in [5.74, 6) is 0.942. The molecule has 0 radical (unpaired) electrons. The second kappa shape index (κ2) is 6.38. The lowest BCUT2D eigenvalue weighted by atomic mass is 9.66. The van der Waals surface area contributed by atoms with Crippen molar-refractivity contribution >= 4 is 0 Å². The van der Waals surface area contributed by atoms with Crippen LogP contribution in [0.3, 0.4) is 0 Å². The Morgan fingerprint density at radius 1 is 1.11 bits per heavy atom. The van der Waals surface area contributed by atoms with E-state index < -0.39 is 0 Å². The van der Waals surface area contributed by atoms with Gasteiger partial charge in [-0.15, -0.1) is 0 Å². The largest absolute Gasteiger partial charge is 0.312 e. The molecule has 0 aliphatic heterocycles. The standard InChI is InChI=1S/C16H32N2/c1-4-13-17-15(14-9-8-10-14)16(18(2)3)11-6-5-7-12-16/h14-15,17H,4-13H2,1-3H3. The second-order valence-corrected chi connectivity index (χ2v) is 6.68. The Kier molecular flexibility index (Phi) is 5.08. The quantitative estimate of drug-likeness (QED) is 0.779. The van der Waals surface area contributed by atoms with Crippen LogP contribution in [0.2, 0.25) is 0 Å². The first kappa shape index (κ1) is 14.3. The van der Waals surface area contributed by atoms with Crippen molar-refractivity contribution in [1.82, 2.24) is 10.2 Å². The smallest absolute Gasteiger partial charge is 0.0359 e. The van der Waals surface area contributed by atoms with Crippen molar-refractivity contribution in [1.29, 1.82) is 0 Å². The Morgan fingerprint density at radius 2 is 1.78 bits per heavy atom. The van der Waals surface area contributed by atoms with Gasteiger partial charge < -0.3 is 10.2 Å². The summed E-state index contributed by atoms with van der Waals surface area (Å²) in [7, 11) is 4.62. The number of nitrogens with one attached hydrogen (secondary N) is 1. The number of rotatable bonds is 6. The zero-order valence-corrected chi connectivity index (χ0v) is 12.7. The highest BCUT2D eigenvalue weighted by Gasteiger charge is 2.46. The van der Waals surface area contributed by atoms with Crippen molar-refractivity contribution in [2.75, 3.05) is 20.6 Å². The number of likely N-dealkylation sites (N-methyl/N-ethyl adjacent to an activating group) is 1. The summed E-state index contributed by atoms with van der Waals surface area (Å²) in [4.78, 5) is 2.55. The molecule has 0 saturated heterocycles. The van der Waals surface area contributed by atoms with Gasteiger partial charge in [-0.2, -0.15) is 0 Å². The van der Waals surface area contributed by atoms with Gasteiger partial charge in [0.15, 0.2) is 0 Å². The molecule has 0 bridgehead atoms. The lowest BCUT2D eigenvalue weighted by Crippen LogP contribution is -2.63. The van der Waals surface area contributed by atoms with E-state index in [1.54, 1.807) is 0 Å². The Hall–Kier alpha value is -0.0800. The van der Waals surface area contributed by atoms with E-state index in [9.17, 15) is 0 Å². The van der Waals surface area contributed by atoms with Gasteiger partial charge in [0.2, 0.25) is 0 Å². The molecular weight excluding hydrogens is 220 g/mol. The van der Waals surface area contributed by atoms with Gasteiger partial charge in [-0.1, -0.05) is 32.6 Å². The summed E-state index contributed by atoms with van der Waals surface area (Å²) in [6, 6.07) is 0.737. The highest BCUT2D eigenvalue weighted by atomic mass is 15.2. The van der Waals surface area contributed by atoms with E-state index in [-0.39, 0.29) is 0 Å². The molecule has 0 aromatic carbocycles. The molecule has 0 aromatic rings. The van der Waals surface area contributed by atoms with E-state index in [2.05, 4.69) is 31.2 Å².